The van der Waals surface area contributed by atoms with Crippen molar-refractivity contribution in [1.29, 1.82) is 0 Å². The molecule has 9 aromatic heterocycles. The number of hydrogen-bond donors (Lipinski definition) is 2. The third kappa shape index (κ3) is 22.2. The summed E-state index contributed by atoms with van der Waals surface area (Å²) < 4.78 is 29.4. The molecule has 20 rings (SSSR count). The van der Waals surface area contributed by atoms with Crippen LogP contribution in [0.15, 0.2) is 341 Å². The minimum absolute atomic E-state index is 0. The highest BCUT2D eigenvalue weighted by molar-refractivity contribution is 14.1. The number of tetrazole rings is 4. The number of rotatable bonds is 9. The number of aromatic nitrogens is 21. The largest absolute Gasteiger partial charge is 0.508 e. The molecule has 0 bridgehead atoms. The Morgan fingerprint density at radius 3 is 1.35 bits per heavy atom. The predicted molar refractivity (Wildman–Crippen MR) is 470 cm³/mol. The smallest absolute Gasteiger partial charge is 0.161 e. The van der Waals surface area contributed by atoms with Crippen molar-refractivity contribution in [3.8, 4) is 68.6 Å². The third-order valence-corrected chi connectivity index (χ3v) is 18.4. The predicted octanol–water partition coefficient (Wildman–Crippen LogP) is 20.1. The first-order valence-electron chi connectivity index (χ1n) is 34.3. The second-order valence-electron chi connectivity index (χ2n) is 23.5. The van der Waals surface area contributed by atoms with Gasteiger partial charge in [-0.25, -0.2) is 29.0 Å². The molecule has 0 saturated heterocycles. The molecule has 10 aromatic carbocycles. The van der Waals surface area contributed by atoms with Crippen LogP contribution in [0, 0.1) is 0 Å². The first kappa shape index (κ1) is 82.8. The lowest BCUT2D eigenvalue weighted by Gasteiger charge is -2.09. The van der Waals surface area contributed by atoms with E-state index in [-0.39, 0.29) is 22.7 Å². The van der Waals surface area contributed by atoms with Crippen LogP contribution in [0.25, 0.3) is 83.4 Å². The quantitative estimate of drug-likeness (QED) is 0.0771. The minimum Gasteiger partial charge on any atom is -0.508 e. The van der Waals surface area contributed by atoms with Crippen molar-refractivity contribution >= 4 is 147 Å². The van der Waals surface area contributed by atoms with Crippen LogP contribution in [0.5, 0.6) is 28.7 Å². The zero-order valence-corrected chi connectivity index (χ0v) is 70.9. The maximum atomic E-state index is 9.13. The first-order valence-corrected chi connectivity index (χ1v) is 39.6. The summed E-state index contributed by atoms with van der Waals surface area (Å²) in [5.74, 6) is 5.11. The van der Waals surface area contributed by atoms with Crippen molar-refractivity contribution in [2.75, 3.05) is 19.2 Å². The minimum atomic E-state index is 0. The number of nitrogens with zero attached hydrogens (tertiary/aromatic N) is 20. The second-order valence-corrected chi connectivity index (χ2v) is 27.1. The number of H-pyrrole nitrogens is 1. The highest BCUT2D eigenvalue weighted by atomic mass is 127. The van der Waals surface area contributed by atoms with E-state index in [9.17, 15) is 0 Å². The lowest BCUT2D eigenvalue weighted by Crippen LogP contribution is -1.97. The van der Waals surface area contributed by atoms with Crippen LogP contribution in [0.2, 0.25) is 0 Å². The van der Waals surface area contributed by atoms with Crippen molar-refractivity contribution in [3.63, 3.8) is 0 Å². The van der Waals surface area contributed by atoms with Gasteiger partial charge in [-0.1, -0.05) is 191 Å². The number of hydrogen-bond acceptors (Lipinski definition) is 19. The summed E-state index contributed by atoms with van der Waals surface area (Å²) in [6, 6.07) is 91.6. The van der Waals surface area contributed by atoms with E-state index >= 15 is 0 Å². The number of aromatic hydroxyl groups is 1. The number of aromatic amines is 1. The van der Waals surface area contributed by atoms with Gasteiger partial charge in [-0.15, -0.1) is 42.5 Å². The van der Waals surface area contributed by atoms with E-state index in [2.05, 4.69) is 287 Å². The molecular formula is C83H67Br5IN21O4. The Morgan fingerprint density at radius 1 is 0.386 bits per heavy atom. The fourth-order valence-corrected chi connectivity index (χ4v) is 13.1. The second kappa shape index (κ2) is 42.5. The zero-order chi connectivity index (χ0) is 78.5. The van der Waals surface area contributed by atoms with Gasteiger partial charge in [-0.2, -0.15) is 5.21 Å². The van der Waals surface area contributed by atoms with Gasteiger partial charge in [0.2, 0.25) is 0 Å². The van der Waals surface area contributed by atoms with E-state index in [1.807, 2.05) is 157 Å². The topological polar surface area (TPSA) is 282 Å². The Bertz CT molecular complexity index is 6110. The van der Waals surface area contributed by atoms with Gasteiger partial charge in [0.15, 0.2) is 6.33 Å². The van der Waals surface area contributed by atoms with Crippen molar-refractivity contribution in [2.24, 2.45) is 0 Å². The van der Waals surface area contributed by atoms with E-state index in [1.54, 1.807) is 66.6 Å². The third-order valence-electron chi connectivity index (χ3n) is 16.5. The molecular weight excluding hydrogens is 1880 g/mol. The van der Waals surface area contributed by atoms with E-state index in [1.165, 1.54) is 77.6 Å². The number of fused-ring (bicyclic) bond motifs is 9. The van der Waals surface area contributed by atoms with Crippen LogP contribution in [0.1, 0.15) is 11.1 Å². The lowest BCUT2D eigenvalue weighted by atomic mass is 10.1. The number of methoxy groups -OCH3 is 2. The number of alkyl halides is 1. The molecule has 570 valence electrons. The molecule has 0 radical (unpaired) electrons. The van der Waals surface area contributed by atoms with Gasteiger partial charge < -0.3 is 19.3 Å². The van der Waals surface area contributed by atoms with Gasteiger partial charge >= 0.3 is 0 Å². The molecule has 0 spiro atoms. The standard InChI is InChI=1S/C24H16N6O.C17H11BrN2.C13H9Br.C8H8N4O.C7H7BrO.C7H6N4O.C5H4BrN.CH3I.CH2N4.BrH/c1-2-9-22-20(8-1)21-12-11-19(15-23(21)30(22)24-10-3-4-13-25-24)31-18-7-5-6-17(14-18)29-16-26-27-28-29;18-12-8-9-14-13-5-1-2-6-15(13)20(16(14)11-12)17-7-3-4-10-19-17;14-11-5-6-13-10(8-11)7-9-3-1-2-4-12(9)13;1-13-8-4-2-3-7(5-8)12-6-9-10-11-12;1-9-7-4-2-3-6(8)5-7;12-7-3-1-2-6(4-7)11-5-8-9-10-11;6-5-3-1-2-4-7-5;1-2;1-2-4-5-3-1;/h1-16H;1-11H;1-6,8H,7H2;2-6H,1H3;2-5H,1H3;1-5,12H;1-4H;1H3;1H,(H,2,3,4,5);1H. The molecule has 31 heteroatoms. The van der Waals surface area contributed by atoms with E-state index in [4.69, 9.17) is 19.3 Å². The number of benzene rings is 10. The van der Waals surface area contributed by atoms with Crippen molar-refractivity contribution in [1.82, 2.24) is 105 Å². The number of halogens is 6. The summed E-state index contributed by atoms with van der Waals surface area (Å²) >= 11 is 15.7. The average Bonchev–Trinajstić information content (AvgIpc) is 1.61. The van der Waals surface area contributed by atoms with Crippen LogP contribution < -0.4 is 14.2 Å². The van der Waals surface area contributed by atoms with Crippen LogP contribution in [0.3, 0.4) is 0 Å². The molecule has 1 aliphatic carbocycles. The summed E-state index contributed by atoms with van der Waals surface area (Å²) in [7, 11) is 3.28. The van der Waals surface area contributed by atoms with Gasteiger partial charge in [0, 0.05) is 77.8 Å². The molecule has 19 aromatic rings. The number of nitrogens with one attached hydrogen (secondary N) is 1. The van der Waals surface area contributed by atoms with Gasteiger partial charge in [-0.05, 0) is 220 Å². The summed E-state index contributed by atoms with van der Waals surface area (Å²) in [5, 5.41) is 58.9. The number of phenolic OH excluding ortho intramolecular Hbond substituents is 1. The molecule has 1 aliphatic rings. The monoisotopic (exact) mass is 1940 g/mol. The maximum absolute atomic E-state index is 9.13. The van der Waals surface area contributed by atoms with Crippen molar-refractivity contribution < 1.29 is 19.3 Å². The highest BCUT2D eigenvalue weighted by Gasteiger charge is 2.19. The summed E-state index contributed by atoms with van der Waals surface area (Å²) in [5.41, 5.74) is 12.6. The summed E-state index contributed by atoms with van der Waals surface area (Å²) in [6.07, 6.45) is 12.3. The number of pyridine rings is 3. The molecule has 0 fully saturated rings. The number of para-hydroxylation sites is 2. The Kier molecular flexibility index (Phi) is 30.9. The molecule has 0 unspecified atom stereocenters. The van der Waals surface area contributed by atoms with E-state index in [0.29, 0.717) is 5.75 Å². The van der Waals surface area contributed by atoms with Crippen LogP contribution >= 0.6 is 103 Å². The molecule has 0 aliphatic heterocycles. The molecule has 25 nitrogen and oxygen atoms in total. The van der Waals surface area contributed by atoms with Crippen molar-refractivity contribution in [3.05, 3.63) is 352 Å². The Labute approximate surface area is 711 Å². The molecule has 0 atom stereocenters. The SMILES string of the molecule is Br.Brc1ccc2c(c1)Cc1ccccc1-2.Brc1ccc2c3ccccc3n(-c3ccccn3)c2c1.Brc1ccccn1.CI.COc1cccc(-n2cnnn2)c1.COc1cccc(Br)c1.Oc1cccc(-n2cnnn2)c1.c1ccc(-n2c3ccccc3c3ccc(Oc4cccc(-n5cnnn5)c4)cc32)nc1.c1nn[nH]n1. The first-order chi connectivity index (χ1) is 55.5. The number of phenols is 1. The summed E-state index contributed by atoms with van der Waals surface area (Å²) in [6.45, 7) is 0. The van der Waals surface area contributed by atoms with Gasteiger partial charge in [0.05, 0.1) is 53.3 Å². The maximum Gasteiger partial charge on any atom is 0.161 e. The van der Waals surface area contributed by atoms with Gasteiger partial charge in [-0.3, -0.25) is 9.13 Å². The van der Waals surface area contributed by atoms with E-state index in [0.717, 1.165) is 82.3 Å². The molecule has 114 heavy (non-hydrogen) atoms. The van der Waals surface area contributed by atoms with Crippen molar-refractivity contribution in [2.45, 2.75) is 6.42 Å². The highest BCUT2D eigenvalue weighted by Crippen LogP contribution is 2.39. The molecule has 2 N–H and O–H groups in total. The molecule has 0 amide bonds. The van der Waals surface area contributed by atoms with E-state index < -0.39 is 0 Å². The Morgan fingerprint density at radius 2 is 0.851 bits per heavy atom. The van der Waals surface area contributed by atoms with Crippen LogP contribution in [-0.4, -0.2) is 130 Å². The zero-order valence-electron chi connectivity index (χ0n) is 60.7. The average molecular weight is 1950 g/mol. The van der Waals surface area contributed by atoms with Crippen LogP contribution in [-0.2, 0) is 6.42 Å². The molecule has 0 saturated carbocycles. The Hall–Kier alpha value is -12.1. The Balaban J connectivity index is 0.000000135. The van der Waals surface area contributed by atoms with Gasteiger partial charge in [0.25, 0.3) is 0 Å². The molecule has 9 heterocycles. The normalized spacial score (nSPS) is 10.4. The number of ether oxygens (including phenoxy) is 3. The lowest BCUT2D eigenvalue weighted by molar-refractivity contribution is 0.414. The van der Waals surface area contributed by atoms with Crippen LogP contribution in [0.4, 0.5) is 0 Å². The fraction of sp³-hybridized carbons (Fsp3) is 0.0482. The summed E-state index contributed by atoms with van der Waals surface area (Å²) in [4.78, 5) is 14.9. The fourth-order valence-electron chi connectivity index (χ4n) is 11.7. The van der Waals surface area contributed by atoms with Gasteiger partial charge in [0.1, 0.15) is 64.0 Å².